The van der Waals surface area contributed by atoms with Crippen molar-refractivity contribution in [3.8, 4) is 11.3 Å². The lowest BCUT2D eigenvalue weighted by atomic mass is 10.1. The summed E-state index contributed by atoms with van der Waals surface area (Å²) in [6.45, 7) is 8.68. The fraction of sp³-hybridized carbons (Fsp3) is 0.269. The van der Waals surface area contributed by atoms with Gasteiger partial charge in [0.2, 0.25) is 0 Å². The van der Waals surface area contributed by atoms with E-state index in [9.17, 15) is 9.18 Å². The zero-order valence-electron chi connectivity index (χ0n) is 19.8. The molecule has 180 valence electrons. The number of fused-ring (bicyclic) bond motifs is 1. The summed E-state index contributed by atoms with van der Waals surface area (Å²) >= 11 is 0. The SMILES string of the molecule is CC(C)N1CCN(c2ccc(Nc3ccc(-c4ccc(F)c(C(N)=O)c4)n4ncnc34)cc2)CC1. The first-order valence-corrected chi connectivity index (χ1v) is 11.7. The van der Waals surface area contributed by atoms with Gasteiger partial charge in [0.15, 0.2) is 5.65 Å². The zero-order chi connectivity index (χ0) is 24.5. The summed E-state index contributed by atoms with van der Waals surface area (Å²) in [6.07, 6.45) is 1.46. The summed E-state index contributed by atoms with van der Waals surface area (Å²) in [5.41, 5.74) is 9.97. The molecule has 1 fully saturated rings. The number of nitrogens with one attached hydrogen (secondary N) is 1. The molecule has 1 saturated heterocycles. The third kappa shape index (κ3) is 4.54. The molecule has 0 aliphatic carbocycles. The molecule has 9 heteroatoms. The second-order valence-corrected chi connectivity index (χ2v) is 8.98. The third-order valence-corrected chi connectivity index (χ3v) is 6.51. The van der Waals surface area contributed by atoms with Crippen LogP contribution in [0.2, 0.25) is 0 Å². The number of primary amides is 1. The molecule has 1 aliphatic heterocycles. The van der Waals surface area contributed by atoms with Crippen LogP contribution in [-0.2, 0) is 0 Å². The highest BCUT2D eigenvalue weighted by atomic mass is 19.1. The summed E-state index contributed by atoms with van der Waals surface area (Å²) in [6, 6.07) is 17.0. The third-order valence-electron chi connectivity index (χ3n) is 6.51. The minimum absolute atomic E-state index is 0.163. The first-order chi connectivity index (χ1) is 16.9. The van der Waals surface area contributed by atoms with E-state index in [1.807, 2.05) is 12.1 Å². The summed E-state index contributed by atoms with van der Waals surface area (Å²) in [4.78, 5) is 20.9. The van der Waals surface area contributed by atoms with Crippen LogP contribution in [0.15, 0.2) is 60.9 Å². The first-order valence-electron chi connectivity index (χ1n) is 11.7. The fourth-order valence-electron chi connectivity index (χ4n) is 4.51. The number of amides is 1. The topological polar surface area (TPSA) is 91.8 Å². The Morgan fingerprint density at radius 2 is 1.77 bits per heavy atom. The van der Waals surface area contributed by atoms with Crippen molar-refractivity contribution in [2.45, 2.75) is 19.9 Å². The quantitative estimate of drug-likeness (QED) is 0.441. The Morgan fingerprint density at radius 3 is 2.46 bits per heavy atom. The molecule has 3 heterocycles. The number of nitrogens with two attached hydrogens (primary N) is 1. The van der Waals surface area contributed by atoms with Gasteiger partial charge in [0.1, 0.15) is 12.1 Å². The smallest absolute Gasteiger partial charge is 0.251 e. The molecule has 0 radical (unpaired) electrons. The number of anilines is 3. The van der Waals surface area contributed by atoms with E-state index >= 15 is 0 Å². The fourth-order valence-corrected chi connectivity index (χ4v) is 4.51. The number of hydrogen-bond acceptors (Lipinski definition) is 6. The lowest BCUT2D eigenvalue weighted by Crippen LogP contribution is -2.48. The van der Waals surface area contributed by atoms with E-state index in [0.29, 0.717) is 22.9 Å². The van der Waals surface area contributed by atoms with Crippen LogP contribution in [0.3, 0.4) is 0 Å². The number of halogens is 1. The Balaban J connectivity index is 1.36. The maximum Gasteiger partial charge on any atom is 0.251 e. The van der Waals surface area contributed by atoms with Gasteiger partial charge < -0.3 is 16.0 Å². The number of aromatic nitrogens is 3. The predicted octanol–water partition coefficient (Wildman–Crippen LogP) is 3.91. The van der Waals surface area contributed by atoms with E-state index in [4.69, 9.17) is 5.73 Å². The Labute approximate surface area is 203 Å². The molecule has 0 bridgehead atoms. The van der Waals surface area contributed by atoms with E-state index in [2.05, 4.69) is 63.3 Å². The summed E-state index contributed by atoms with van der Waals surface area (Å²) in [5, 5.41) is 7.75. The number of benzene rings is 2. The van der Waals surface area contributed by atoms with Crippen molar-refractivity contribution in [2.75, 3.05) is 36.4 Å². The molecule has 35 heavy (non-hydrogen) atoms. The van der Waals surface area contributed by atoms with Crippen molar-refractivity contribution in [1.29, 1.82) is 0 Å². The maximum absolute atomic E-state index is 13.9. The Hall–Kier alpha value is -3.98. The van der Waals surface area contributed by atoms with Gasteiger partial charge in [0.25, 0.3) is 5.91 Å². The summed E-state index contributed by atoms with van der Waals surface area (Å²) in [7, 11) is 0. The highest BCUT2D eigenvalue weighted by Crippen LogP contribution is 2.29. The van der Waals surface area contributed by atoms with Gasteiger partial charge in [-0.1, -0.05) is 0 Å². The van der Waals surface area contributed by atoms with Crippen molar-refractivity contribution < 1.29 is 9.18 Å². The van der Waals surface area contributed by atoms with Crippen LogP contribution in [0.1, 0.15) is 24.2 Å². The van der Waals surface area contributed by atoms with Crippen molar-refractivity contribution in [2.24, 2.45) is 5.73 Å². The van der Waals surface area contributed by atoms with Crippen LogP contribution < -0.4 is 16.0 Å². The van der Waals surface area contributed by atoms with Gasteiger partial charge in [0.05, 0.1) is 16.9 Å². The van der Waals surface area contributed by atoms with Crippen LogP contribution in [-0.4, -0.2) is 57.6 Å². The number of carbonyl (C=O) groups is 1. The lowest BCUT2D eigenvalue weighted by Gasteiger charge is -2.38. The van der Waals surface area contributed by atoms with Crippen LogP contribution in [0.4, 0.5) is 21.5 Å². The summed E-state index contributed by atoms with van der Waals surface area (Å²) < 4.78 is 15.6. The van der Waals surface area contributed by atoms with Crippen LogP contribution in [0.25, 0.3) is 16.9 Å². The maximum atomic E-state index is 13.9. The van der Waals surface area contributed by atoms with Crippen LogP contribution >= 0.6 is 0 Å². The molecule has 2 aromatic carbocycles. The number of piperazine rings is 1. The molecule has 1 amide bonds. The van der Waals surface area contributed by atoms with E-state index in [0.717, 1.165) is 37.6 Å². The van der Waals surface area contributed by atoms with Crippen LogP contribution in [0.5, 0.6) is 0 Å². The first kappa shape index (κ1) is 22.8. The van der Waals surface area contributed by atoms with E-state index in [-0.39, 0.29) is 5.56 Å². The number of nitrogens with zero attached hydrogens (tertiary/aromatic N) is 5. The van der Waals surface area contributed by atoms with Gasteiger partial charge in [-0.25, -0.2) is 13.9 Å². The molecular formula is C26H28FN7O. The van der Waals surface area contributed by atoms with Crippen molar-refractivity contribution in [1.82, 2.24) is 19.5 Å². The number of hydrogen-bond donors (Lipinski definition) is 2. The highest BCUT2D eigenvalue weighted by molar-refractivity contribution is 5.94. The normalized spacial score (nSPS) is 14.6. The van der Waals surface area contributed by atoms with Crippen molar-refractivity contribution in [3.05, 3.63) is 72.3 Å². The van der Waals surface area contributed by atoms with Crippen LogP contribution in [0, 0.1) is 5.82 Å². The summed E-state index contributed by atoms with van der Waals surface area (Å²) in [5.74, 6) is -1.47. The Bertz CT molecular complexity index is 1360. The van der Waals surface area contributed by atoms with Crippen molar-refractivity contribution in [3.63, 3.8) is 0 Å². The molecule has 4 aromatic rings. The van der Waals surface area contributed by atoms with Gasteiger partial charge >= 0.3 is 0 Å². The lowest BCUT2D eigenvalue weighted by molar-refractivity contribution is 0.0996. The monoisotopic (exact) mass is 473 g/mol. The van der Waals surface area contributed by atoms with Gasteiger partial charge in [-0.3, -0.25) is 9.69 Å². The average Bonchev–Trinajstić information content (AvgIpc) is 3.36. The molecule has 0 saturated carbocycles. The van der Waals surface area contributed by atoms with E-state index < -0.39 is 11.7 Å². The van der Waals surface area contributed by atoms with Gasteiger partial charge in [0, 0.05) is 49.2 Å². The molecule has 0 atom stereocenters. The minimum atomic E-state index is -0.817. The molecule has 0 spiro atoms. The van der Waals surface area contributed by atoms with Gasteiger partial charge in [-0.2, -0.15) is 5.10 Å². The second kappa shape index (κ2) is 9.34. The molecule has 1 aliphatic rings. The van der Waals surface area contributed by atoms with E-state index in [1.54, 1.807) is 10.6 Å². The molecule has 0 unspecified atom stereocenters. The number of carbonyl (C=O) groups excluding carboxylic acids is 1. The Kier molecular flexibility index (Phi) is 6.08. The average molecular weight is 474 g/mol. The molecule has 3 N–H and O–H groups in total. The molecule has 2 aromatic heterocycles. The minimum Gasteiger partial charge on any atom is -0.369 e. The zero-order valence-corrected chi connectivity index (χ0v) is 19.8. The van der Waals surface area contributed by atoms with Gasteiger partial charge in [-0.15, -0.1) is 0 Å². The molecule has 8 nitrogen and oxygen atoms in total. The molecular weight excluding hydrogens is 445 g/mol. The largest absolute Gasteiger partial charge is 0.369 e. The van der Waals surface area contributed by atoms with Crippen molar-refractivity contribution >= 4 is 28.6 Å². The molecule has 5 rings (SSSR count). The highest BCUT2D eigenvalue weighted by Gasteiger charge is 2.19. The number of pyridine rings is 1. The Morgan fingerprint density at radius 1 is 1.03 bits per heavy atom. The van der Waals surface area contributed by atoms with Gasteiger partial charge in [-0.05, 0) is 68.4 Å². The second-order valence-electron chi connectivity index (χ2n) is 8.98. The predicted molar refractivity (Wildman–Crippen MR) is 136 cm³/mol. The standard InChI is InChI=1S/C26H28FN7O/c1-17(2)32-11-13-33(14-12-32)20-6-4-19(5-7-20)31-23-9-10-24(34-26(23)29-16-30-34)18-3-8-22(27)21(15-18)25(28)35/h3-10,15-17,31H,11-14H2,1-2H3,(H2,28,35). The van der Waals surface area contributed by atoms with E-state index in [1.165, 1.54) is 24.1 Å². The number of rotatable bonds is 6.